The highest BCUT2D eigenvalue weighted by Gasteiger charge is 2.40. The van der Waals surface area contributed by atoms with Gasteiger partial charge in [-0.1, -0.05) is 224 Å². The lowest BCUT2D eigenvalue weighted by Gasteiger charge is -2.28. The molecule has 0 saturated heterocycles. The van der Waals surface area contributed by atoms with Crippen LogP contribution in [0.2, 0.25) is 0 Å². The molecule has 0 atom stereocenters. The van der Waals surface area contributed by atoms with Gasteiger partial charge in [-0.15, -0.1) is 0 Å². The largest absolute Gasteiger partial charge is 0.455 e. The van der Waals surface area contributed by atoms with Crippen molar-refractivity contribution in [2.75, 3.05) is 4.90 Å². The van der Waals surface area contributed by atoms with Crippen LogP contribution in [0.3, 0.4) is 0 Å². The van der Waals surface area contributed by atoms with E-state index in [-0.39, 0.29) is 5.41 Å². The first-order valence-corrected chi connectivity index (χ1v) is 26.6. The summed E-state index contributed by atoms with van der Waals surface area (Å²) in [7, 11) is 0. The van der Waals surface area contributed by atoms with Crippen LogP contribution in [0, 0.1) is 0 Å². The number of rotatable bonds is 9. The van der Waals surface area contributed by atoms with E-state index in [0.29, 0.717) is 0 Å². The zero-order valence-electron chi connectivity index (χ0n) is 42.4. The van der Waals surface area contributed by atoms with Crippen LogP contribution in [0.25, 0.3) is 105 Å². The van der Waals surface area contributed by atoms with Gasteiger partial charge < -0.3 is 13.9 Å². The summed E-state index contributed by atoms with van der Waals surface area (Å²) < 4.78 is 9.39. The molecule has 3 nitrogen and oxygen atoms in total. The summed E-state index contributed by atoms with van der Waals surface area (Å²) in [6.07, 6.45) is 0. The average molecular weight is 983 g/mol. The Labute approximate surface area is 447 Å². The molecule has 0 N–H and O–H groups in total. The van der Waals surface area contributed by atoms with Gasteiger partial charge in [0.15, 0.2) is 0 Å². The Hall–Kier alpha value is -9.96. The molecule has 0 radical (unpaired) electrons. The molecule has 0 unspecified atom stereocenters. The van der Waals surface area contributed by atoms with Gasteiger partial charge in [0, 0.05) is 60.8 Å². The van der Waals surface area contributed by atoms with Gasteiger partial charge in [0.2, 0.25) is 0 Å². The van der Waals surface area contributed by atoms with E-state index in [1.165, 1.54) is 66.3 Å². The maximum absolute atomic E-state index is 7.03. The van der Waals surface area contributed by atoms with E-state index >= 15 is 0 Å². The minimum atomic E-state index is -0.249. The Balaban J connectivity index is 0.758. The molecule has 12 aromatic carbocycles. The van der Waals surface area contributed by atoms with Crippen molar-refractivity contribution in [1.29, 1.82) is 0 Å². The number of benzene rings is 12. The summed E-state index contributed by atoms with van der Waals surface area (Å²) in [5.41, 5.74) is 24.0. The highest BCUT2D eigenvalue weighted by Crippen LogP contribution is 2.52. The second kappa shape index (κ2) is 17.9. The molecular formula is C74H50N2O. The summed E-state index contributed by atoms with van der Waals surface area (Å²) >= 11 is 0. The lowest BCUT2D eigenvalue weighted by Crippen LogP contribution is -2.22. The third-order valence-corrected chi connectivity index (χ3v) is 16.4. The van der Waals surface area contributed by atoms with E-state index in [0.717, 1.165) is 72.5 Å². The average Bonchev–Trinajstić information content (AvgIpc) is 4.35. The molecule has 0 amide bonds. The van der Waals surface area contributed by atoms with E-state index in [1.54, 1.807) is 0 Å². The molecule has 0 saturated carbocycles. The fourth-order valence-electron chi connectivity index (χ4n) is 12.5. The smallest absolute Gasteiger partial charge is 0.143 e. The molecule has 0 fully saturated rings. The number of nitrogens with zero attached hydrogens (tertiary/aromatic N) is 2. The van der Waals surface area contributed by atoms with Crippen molar-refractivity contribution in [3.8, 4) is 61.3 Å². The van der Waals surface area contributed by atoms with Gasteiger partial charge in [-0.2, -0.15) is 0 Å². The molecule has 1 aliphatic rings. The minimum Gasteiger partial charge on any atom is -0.455 e. The monoisotopic (exact) mass is 982 g/mol. The van der Waals surface area contributed by atoms with Crippen molar-refractivity contribution in [3.05, 3.63) is 302 Å². The Morgan fingerprint density at radius 2 is 0.662 bits per heavy atom. The van der Waals surface area contributed by atoms with Crippen molar-refractivity contribution >= 4 is 60.8 Å². The standard InChI is InChI=1S/C74H50N2O/c1-74(68-25-9-5-17-62(68)63-18-6-10-26-69(63)74)55-39-29-53(30-40-55)60-21-13-23-66-67-24-14-22-61(73(67)77-72(60)66)54-37-47-58(48-38-54)75(56-41-31-50(32-42-56)49-15-3-2-4-16-49)57-43-33-51(34-44-57)52-35-45-59(46-36-52)76-70-27-11-7-19-64(70)65-20-8-12-28-71(65)76/h2-48H,1H3. The molecule has 0 aliphatic heterocycles. The maximum Gasteiger partial charge on any atom is 0.143 e. The summed E-state index contributed by atoms with van der Waals surface area (Å²) in [5.74, 6) is 0. The SMILES string of the molecule is CC1(c2ccc(-c3cccc4c3oc3c(-c5ccc(N(c6ccc(-c7ccccc7)cc6)c6ccc(-c7ccc(-n8c9ccccc9c9ccccc98)cc7)cc6)cc5)cccc34)cc2)c2ccccc2-c2ccccc21. The van der Waals surface area contributed by atoms with E-state index in [2.05, 4.69) is 302 Å². The lowest BCUT2D eigenvalue weighted by molar-refractivity contribution is 0.671. The molecule has 77 heavy (non-hydrogen) atoms. The Bertz CT molecular complexity index is 4430. The predicted octanol–water partition coefficient (Wildman–Crippen LogP) is 20.2. The second-order valence-corrected chi connectivity index (χ2v) is 20.5. The van der Waals surface area contributed by atoms with Crippen LogP contribution in [-0.2, 0) is 5.41 Å². The zero-order valence-corrected chi connectivity index (χ0v) is 42.4. The fourth-order valence-corrected chi connectivity index (χ4v) is 12.5. The predicted molar refractivity (Wildman–Crippen MR) is 322 cm³/mol. The quantitative estimate of drug-likeness (QED) is 0.144. The summed E-state index contributed by atoms with van der Waals surface area (Å²) in [4.78, 5) is 2.34. The van der Waals surface area contributed by atoms with E-state index in [4.69, 9.17) is 4.42 Å². The number of anilines is 3. The number of hydrogen-bond donors (Lipinski definition) is 0. The van der Waals surface area contributed by atoms with Gasteiger partial charge in [0.25, 0.3) is 0 Å². The third-order valence-electron chi connectivity index (χ3n) is 16.4. The van der Waals surface area contributed by atoms with Crippen molar-refractivity contribution in [1.82, 2.24) is 4.57 Å². The first kappa shape index (κ1) is 44.5. The van der Waals surface area contributed by atoms with Gasteiger partial charge in [-0.25, -0.2) is 0 Å². The van der Waals surface area contributed by atoms with Crippen molar-refractivity contribution in [2.45, 2.75) is 12.3 Å². The number of para-hydroxylation sites is 4. The molecule has 2 heterocycles. The first-order chi connectivity index (χ1) is 38.1. The molecular weight excluding hydrogens is 933 g/mol. The van der Waals surface area contributed by atoms with Crippen LogP contribution in [-0.4, -0.2) is 4.57 Å². The van der Waals surface area contributed by atoms with Crippen molar-refractivity contribution in [3.63, 3.8) is 0 Å². The molecule has 15 rings (SSSR count). The third kappa shape index (κ3) is 7.19. The normalized spacial score (nSPS) is 12.6. The van der Waals surface area contributed by atoms with Crippen LogP contribution >= 0.6 is 0 Å². The Morgan fingerprint density at radius 1 is 0.299 bits per heavy atom. The Morgan fingerprint density at radius 3 is 1.16 bits per heavy atom. The van der Waals surface area contributed by atoms with E-state index in [9.17, 15) is 0 Å². The summed E-state index contributed by atoms with van der Waals surface area (Å²) in [6, 6.07) is 104. The maximum atomic E-state index is 7.03. The van der Waals surface area contributed by atoms with Gasteiger partial charge in [-0.3, -0.25) is 0 Å². The topological polar surface area (TPSA) is 21.3 Å². The molecule has 0 spiro atoms. The molecule has 1 aliphatic carbocycles. The number of aromatic nitrogens is 1. The highest BCUT2D eigenvalue weighted by atomic mass is 16.3. The second-order valence-electron chi connectivity index (χ2n) is 20.5. The number of hydrogen-bond acceptors (Lipinski definition) is 2. The van der Waals surface area contributed by atoms with Crippen LogP contribution < -0.4 is 4.90 Å². The van der Waals surface area contributed by atoms with Gasteiger partial charge in [0.1, 0.15) is 11.2 Å². The fraction of sp³-hybridized carbons (Fsp3) is 0.0270. The van der Waals surface area contributed by atoms with Crippen LogP contribution in [0.5, 0.6) is 0 Å². The summed E-state index contributed by atoms with van der Waals surface area (Å²) in [6.45, 7) is 2.37. The molecule has 14 aromatic rings. The van der Waals surface area contributed by atoms with Gasteiger partial charge >= 0.3 is 0 Å². The molecule has 2 aromatic heterocycles. The molecule has 362 valence electrons. The van der Waals surface area contributed by atoms with Gasteiger partial charge in [-0.05, 0) is 129 Å². The molecule has 0 bridgehead atoms. The van der Waals surface area contributed by atoms with E-state index < -0.39 is 0 Å². The first-order valence-electron chi connectivity index (χ1n) is 26.6. The molecule has 3 heteroatoms. The summed E-state index contributed by atoms with van der Waals surface area (Å²) in [5, 5.41) is 4.74. The van der Waals surface area contributed by atoms with Crippen LogP contribution in [0.1, 0.15) is 23.6 Å². The number of fused-ring (bicyclic) bond motifs is 9. The van der Waals surface area contributed by atoms with E-state index in [1.807, 2.05) is 0 Å². The van der Waals surface area contributed by atoms with Crippen molar-refractivity contribution in [2.24, 2.45) is 0 Å². The highest BCUT2D eigenvalue weighted by molar-refractivity contribution is 6.13. The van der Waals surface area contributed by atoms with Crippen LogP contribution in [0.15, 0.2) is 290 Å². The zero-order chi connectivity index (χ0) is 51.0. The van der Waals surface area contributed by atoms with Gasteiger partial charge in [0.05, 0.1) is 11.0 Å². The van der Waals surface area contributed by atoms with Crippen molar-refractivity contribution < 1.29 is 4.42 Å². The number of furan rings is 1. The Kier molecular flexibility index (Phi) is 10.3. The lowest BCUT2D eigenvalue weighted by atomic mass is 9.74. The van der Waals surface area contributed by atoms with Crippen LogP contribution in [0.4, 0.5) is 17.1 Å². The minimum absolute atomic E-state index is 0.249.